The highest BCUT2D eigenvalue weighted by Gasteiger charge is 2.19. The van der Waals surface area contributed by atoms with Crippen LogP contribution in [0.1, 0.15) is 52.6 Å². The van der Waals surface area contributed by atoms with Crippen LogP contribution in [0.4, 0.5) is 0 Å². The minimum atomic E-state index is 0.610. The first kappa shape index (κ1) is 33.7. The topological polar surface area (TPSA) is 68.3 Å². The lowest BCUT2D eigenvalue weighted by Crippen LogP contribution is -1.95. The summed E-state index contributed by atoms with van der Waals surface area (Å²) in [6, 6.07) is 47.8. The summed E-state index contributed by atoms with van der Waals surface area (Å²) in [5, 5.41) is 0. The van der Waals surface area contributed by atoms with E-state index >= 15 is 0 Å². The summed E-state index contributed by atoms with van der Waals surface area (Å²) in [6.45, 7) is 4.15. The fourth-order valence-corrected chi connectivity index (χ4v) is 6.87. The standard InChI is InChI=1S/C48H34O4/c1-31-23-43(37-11-3-33(27-49)4-12-37)47(44(24-31)38-13-5-34(28-50)6-14-38)41-19-21-42(22-20-41)48-45(39-15-7-35(29-51)8-16-39)25-32(2)26-46(48)40-17-9-36(30-52)10-18-40/h3-30H,1-2H3. The van der Waals surface area contributed by atoms with E-state index in [-0.39, 0.29) is 0 Å². The Labute approximate surface area is 303 Å². The van der Waals surface area contributed by atoms with E-state index in [4.69, 9.17) is 0 Å². The summed E-state index contributed by atoms with van der Waals surface area (Å²) in [5.41, 5.74) is 16.8. The number of carbonyl (C=O) groups excluding carboxylic acids is 4. The van der Waals surface area contributed by atoms with Crippen LogP contribution in [0.5, 0.6) is 0 Å². The van der Waals surface area contributed by atoms with Gasteiger partial charge in [-0.3, -0.25) is 19.2 Å². The zero-order valence-electron chi connectivity index (χ0n) is 28.8. The van der Waals surface area contributed by atoms with Crippen molar-refractivity contribution in [2.75, 3.05) is 0 Å². The molecule has 0 aliphatic rings. The predicted molar refractivity (Wildman–Crippen MR) is 210 cm³/mol. The van der Waals surface area contributed by atoms with Crippen LogP contribution in [0.3, 0.4) is 0 Å². The first-order chi connectivity index (χ1) is 25.4. The molecule has 0 unspecified atom stereocenters. The number of rotatable bonds is 10. The molecule has 0 fully saturated rings. The predicted octanol–water partition coefficient (Wildman–Crippen LogP) is 11.6. The molecule has 0 saturated carbocycles. The maximum atomic E-state index is 11.5. The van der Waals surface area contributed by atoms with Gasteiger partial charge in [0, 0.05) is 22.3 Å². The third-order valence-electron chi connectivity index (χ3n) is 9.46. The van der Waals surface area contributed by atoms with Gasteiger partial charge >= 0.3 is 0 Å². The van der Waals surface area contributed by atoms with Crippen LogP contribution in [-0.2, 0) is 0 Å². The average molecular weight is 675 g/mol. The van der Waals surface area contributed by atoms with Crippen molar-refractivity contribution in [1.82, 2.24) is 0 Å². The van der Waals surface area contributed by atoms with Gasteiger partial charge in [-0.1, -0.05) is 146 Å². The highest BCUT2D eigenvalue weighted by molar-refractivity contribution is 5.99. The molecule has 7 rings (SSSR count). The maximum Gasteiger partial charge on any atom is 0.150 e. The minimum Gasteiger partial charge on any atom is -0.298 e. The molecule has 0 N–H and O–H groups in total. The van der Waals surface area contributed by atoms with E-state index in [1.807, 2.05) is 97.1 Å². The van der Waals surface area contributed by atoms with Gasteiger partial charge in [-0.2, -0.15) is 0 Å². The van der Waals surface area contributed by atoms with Crippen LogP contribution in [-0.4, -0.2) is 25.1 Å². The summed E-state index contributed by atoms with van der Waals surface area (Å²) >= 11 is 0. The lowest BCUT2D eigenvalue weighted by atomic mass is 9.83. The van der Waals surface area contributed by atoms with Crippen LogP contribution in [0.25, 0.3) is 66.8 Å². The van der Waals surface area contributed by atoms with Gasteiger partial charge in [0.25, 0.3) is 0 Å². The minimum absolute atomic E-state index is 0.610. The van der Waals surface area contributed by atoms with E-state index in [0.29, 0.717) is 22.3 Å². The van der Waals surface area contributed by atoms with Crippen molar-refractivity contribution in [3.05, 3.63) is 179 Å². The van der Waals surface area contributed by atoms with Gasteiger partial charge in [0.1, 0.15) is 25.1 Å². The van der Waals surface area contributed by atoms with Gasteiger partial charge in [-0.15, -0.1) is 0 Å². The second-order valence-electron chi connectivity index (χ2n) is 13.0. The number of benzene rings is 7. The molecule has 7 aromatic rings. The molecule has 7 aromatic carbocycles. The smallest absolute Gasteiger partial charge is 0.150 e. The first-order valence-corrected chi connectivity index (χ1v) is 17.0. The molecule has 250 valence electrons. The SMILES string of the molecule is Cc1cc(-c2ccc(C=O)cc2)c(-c2ccc(-c3c(-c4ccc(C=O)cc4)cc(C)cc3-c3ccc(C=O)cc3)cc2)c(-c2ccc(C=O)cc2)c1. The fourth-order valence-electron chi connectivity index (χ4n) is 6.87. The van der Waals surface area contributed by atoms with Crippen molar-refractivity contribution in [2.45, 2.75) is 13.8 Å². The Kier molecular flexibility index (Phi) is 9.46. The van der Waals surface area contributed by atoms with E-state index in [1.165, 1.54) is 0 Å². The molecule has 0 bridgehead atoms. The van der Waals surface area contributed by atoms with Crippen molar-refractivity contribution < 1.29 is 19.2 Å². The Bertz CT molecular complexity index is 2120. The molecular formula is C48H34O4. The second-order valence-corrected chi connectivity index (χ2v) is 13.0. The molecule has 0 spiro atoms. The van der Waals surface area contributed by atoms with Crippen molar-refractivity contribution in [3.8, 4) is 66.8 Å². The van der Waals surface area contributed by atoms with Gasteiger partial charge in [0.2, 0.25) is 0 Å². The van der Waals surface area contributed by atoms with Gasteiger partial charge in [-0.25, -0.2) is 0 Å². The van der Waals surface area contributed by atoms with Crippen LogP contribution in [0, 0.1) is 13.8 Å². The number of aldehydes is 4. The maximum absolute atomic E-state index is 11.5. The largest absolute Gasteiger partial charge is 0.298 e. The molecule has 0 atom stereocenters. The first-order valence-electron chi connectivity index (χ1n) is 17.0. The van der Waals surface area contributed by atoms with Crippen LogP contribution in [0.2, 0.25) is 0 Å². The van der Waals surface area contributed by atoms with Crippen molar-refractivity contribution in [1.29, 1.82) is 0 Å². The Balaban J connectivity index is 1.45. The summed E-state index contributed by atoms with van der Waals surface area (Å²) in [6.07, 6.45) is 3.39. The van der Waals surface area contributed by atoms with Crippen molar-refractivity contribution >= 4 is 25.1 Å². The van der Waals surface area contributed by atoms with E-state index in [0.717, 1.165) is 103 Å². The summed E-state index contributed by atoms with van der Waals surface area (Å²) in [7, 11) is 0. The van der Waals surface area contributed by atoms with Gasteiger partial charge in [0.15, 0.2) is 0 Å². The van der Waals surface area contributed by atoms with Crippen LogP contribution in [0.15, 0.2) is 146 Å². The quantitative estimate of drug-likeness (QED) is 0.135. The number of carbonyl (C=O) groups is 4. The number of hydrogen-bond donors (Lipinski definition) is 0. The molecule has 52 heavy (non-hydrogen) atoms. The number of hydrogen-bond acceptors (Lipinski definition) is 4. The summed E-state index contributed by atoms with van der Waals surface area (Å²) in [4.78, 5) is 46.0. The molecule has 0 aromatic heterocycles. The lowest BCUT2D eigenvalue weighted by Gasteiger charge is -2.20. The highest BCUT2D eigenvalue weighted by Crippen LogP contribution is 2.45. The molecule has 4 nitrogen and oxygen atoms in total. The fraction of sp³-hybridized carbons (Fsp3) is 0.0417. The third-order valence-corrected chi connectivity index (χ3v) is 9.46. The third kappa shape index (κ3) is 6.70. The zero-order chi connectivity index (χ0) is 36.2. The van der Waals surface area contributed by atoms with Gasteiger partial charge < -0.3 is 0 Å². The molecule has 0 aliphatic heterocycles. The highest BCUT2D eigenvalue weighted by atomic mass is 16.1. The molecule has 4 heteroatoms. The van der Waals surface area contributed by atoms with Crippen molar-refractivity contribution in [3.63, 3.8) is 0 Å². The van der Waals surface area contributed by atoms with E-state index in [9.17, 15) is 19.2 Å². The normalized spacial score (nSPS) is 10.8. The average Bonchev–Trinajstić information content (AvgIpc) is 3.20. The van der Waals surface area contributed by atoms with Crippen molar-refractivity contribution in [2.24, 2.45) is 0 Å². The van der Waals surface area contributed by atoms with Gasteiger partial charge in [-0.05, 0) is 91.7 Å². The molecule has 0 heterocycles. The summed E-state index contributed by atoms with van der Waals surface area (Å²) < 4.78 is 0. The molecule has 0 saturated heterocycles. The van der Waals surface area contributed by atoms with Crippen LogP contribution < -0.4 is 0 Å². The van der Waals surface area contributed by atoms with Crippen LogP contribution >= 0.6 is 0 Å². The molecule has 0 radical (unpaired) electrons. The lowest BCUT2D eigenvalue weighted by molar-refractivity contribution is 0.111. The summed E-state index contributed by atoms with van der Waals surface area (Å²) in [5.74, 6) is 0. The van der Waals surface area contributed by atoms with E-state index in [1.54, 1.807) is 0 Å². The molecule has 0 amide bonds. The van der Waals surface area contributed by atoms with E-state index < -0.39 is 0 Å². The Hall–Kier alpha value is -6.78. The van der Waals surface area contributed by atoms with Gasteiger partial charge in [0.05, 0.1) is 0 Å². The monoisotopic (exact) mass is 674 g/mol. The van der Waals surface area contributed by atoms with E-state index in [2.05, 4.69) is 62.4 Å². The Morgan fingerprint density at radius 1 is 0.288 bits per heavy atom. The second kappa shape index (κ2) is 14.6. The Morgan fingerprint density at radius 3 is 0.673 bits per heavy atom. The molecular weight excluding hydrogens is 641 g/mol. The number of aryl methyl sites for hydroxylation is 2. The Morgan fingerprint density at radius 2 is 0.481 bits per heavy atom. The zero-order valence-corrected chi connectivity index (χ0v) is 28.8. The molecule has 0 aliphatic carbocycles.